The molecule has 392 valence electrons. The van der Waals surface area contributed by atoms with Crippen LogP contribution in [-0.2, 0) is 27.3 Å². The van der Waals surface area contributed by atoms with Crippen molar-refractivity contribution in [3.05, 3.63) is 0 Å². The minimum absolute atomic E-state index is 0.0265. The van der Waals surface area contributed by atoms with Gasteiger partial charge >= 0.3 is 0 Å². The smallest absolute Gasteiger partial charge is 0.243 e. The van der Waals surface area contributed by atoms with Gasteiger partial charge in [0.15, 0.2) is 33.3 Å². The van der Waals surface area contributed by atoms with Crippen molar-refractivity contribution in [2.24, 2.45) is 0 Å². The SMILES string of the molecule is CC(C)(C)[Si](C)(C)OCCCCN(CCCCO[Si](C)(C)C(C)(C)C)CCCCC1NC(=O)C(CCCCN(CCCCO[Si](C)(C)C(C)(C)C)CCCCO[Si](C)(C)C(C)(C)C)NC1=O. The Hall–Kier alpha value is -0.432. The third-order valence-electron chi connectivity index (χ3n) is 16.3. The third-order valence-corrected chi connectivity index (χ3v) is 34.4. The van der Waals surface area contributed by atoms with E-state index in [0.717, 1.165) is 143 Å². The van der Waals surface area contributed by atoms with E-state index in [2.05, 4.69) is 156 Å². The van der Waals surface area contributed by atoms with Crippen molar-refractivity contribution < 1.29 is 27.3 Å². The van der Waals surface area contributed by atoms with Crippen LogP contribution in [0, 0.1) is 0 Å². The summed E-state index contributed by atoms with van der Waals surface area (Å²) in [4.78, 5) is 31.8. The van der Waals surface area contributed by atoms with Crippen molar-refractivity contribution in [3.8, 4) is 0 Å². The molecule has 2 amide bonds. The summed E-state index contributed by atoms with van der Waals surface area (Å²) in [5.74, 6) is -0.0530. The first-order valence-corrected chi connectivity index (χ1v) is 38.4. The van der Waals surface area contributed by atoms with Gasteiger partial charge in [-0.3, -0.25) is 9.59 Å². The first kappa shape index (κ1) is 63.6. The zero-order valence-corrected chi connectivity index (χ0v) is 51.5. The molecule has 0 aromatic heterocycles. The quantitative estimate of drug-likeness (QED) is 0.0486. The fourth-order valence-corrected chi connectivity index (χ4v) is 11.4. The number of carbonyl (C=O) groups excluding carboxylic acids is 2. The normalized spacial score (nSPS) is 17.5. The Morgan fingerprint density at radius 3 is 0.758 bits per heavy atom. The number of piperazine rings is 1. The molecule has 0 radical (unpaired) electrons. The van der Waals surface area contributed by atoms with Crippen molar-refractivity contribution in [1.29, 1.82) is 0 Å². The summed E-state index contributed by atoms with van der Waals surface area (Å²) in [6.07, 6.45) is 14.0. The maximum atomic E-state index is 13.3. The van der Waals surface area contributed by atoms with Crippen LogP contribution in [0.2, 0.25) is 72.5 Å². The molecule has 1 aliphatic rings. The first-order chi connectivity index (χ1) is 30.1. The molecular formula is C52H112N4O6Si4. The predicted molar refractivity (Wildman–Crippen MR) is 294 cm³/mol. The second-order valence-electron chi connectivity index (χ2n) is 26.1. The molecule has 1 rings (SSSR count). The summed E-state index contributed by atoms with van der Waals surface area (Å²) in [6, 6.07) is -0.891. The maximum absolute atomic E-state index is 13.3. The molecule has 2 unspecified atom stereocenters. The predicted octanol–water partition coefficient (Wildman–Crippen LogP) is 13.1. The van der Waals surface area contributed by atoms with E-state index in [1.54, 1.807) is 0 Å². The molecule has 0 aliphatic carbocycles. The zero-order chi connectivity index (χ0) is 50.7. The Morgan fingerprint density at radius 1 is 0.364 bits per heavy atom. The van der Waals surface area contributed by atoms with Crippen LogP contribution >= 0.6 is 0 Å². The molecule has 14 heteroatoms. The molecule has 2 atom stereocenters. The standard InChI is InChI=1S/C52H112N4O6Si4/c1-49(2,3)63(13,14)59-41-29-25-37-55(38-26-30-42-60-64(15,16)50(4,5)6)35-23-21-33-45-47(57)54-46(48(58)53-45)34-22-24-36-56(39-27-31-43-61-65(17,18)51(7,8)9)40-28-32-44-62-66(19,20)52(10,11)12/h45-46H,21-44H2,1-20H3,(H,53,58)(H,54,57). The van der Waals surface area contributed by atoms with Crippen LogP contribution in [0.15, 0.2) is 0 Å². The average Bonchev–Trinajstić information content (AvgIpc) is 3.16. The van der Waals surface area contributed by atoms with Crippen molar-refractivity contribution in [2.45, 2.75) is 258 Å². The summed E-state index contributed by atoms with van der Waals surface area (Å²) in [5.41, 5.74) is 0. The van der Waals surface area contributed by atoms with Crippen LogP contribution in [0.1, 0.15) is 173 Å². The van der Waals surface area contributed by atoms with E-state index in [1.165, 1.54) is 0 Å². The number of hydrogen-bond acceptors (Lipinski definition) is 8. The van der Waals surface area contributed by atoms with Gasteiger partial charge in [0.2, 0.25) is 11.8 Å². The molecular weight excluding hydrogens is 889 g/mol. The molecule has 0 bridgehead atoms. The molecule has 0 saturated carbocycles. The summed E-state index contributed by atoms with van der Waals surface area (Å²) < 4.78 is 25.9. The van der Waals surface area contributed by atoms with Crippen LogP contribution < -0.4 is 10.6 Å². The van der Waals surface area contributed by atoms with Crippen LogP contribution in [0.3, 0.4) is 0 Å². The van der Waals surface area contributed by atoms with E-state index in [1.807, 2.05) is 0 Å². The lowest BCUT2D eigenvalue weighted by Gasteiger charge is -2.36. The molecule has 0 aromatic rings. The summed E-state index contributed by atoms with van der Waals surface area (Å²) in [7, 11) is -6.94. The Labute approximate surface area is 414 Å². The van der Waals surface area contributed by atoms with E-state index in [0.29, 0.717) is 12.8 Å². The van der Waals surface area contributed by atoms with Gasteiger partial charge in [0.25, 0.3) is 0 Å². The second-order valence-corrected chi connectivity index (χ2v) is 45.3. The van der Waals surface area contributed by atoms with E-state index < -0.39 is 45.4 Å². The van der Waals surface area contributed by atoms with Gasteiger partial charge in [-0.15, -0.1) is 0 Å². The van der Waals surface area contributed by atoms with Crippen molar-refractivity contribution in [3.63, 3.8) is 0 Å². The maximum Gasteiger partial charge on any atom is 0.243 e. The van der Waals surface area contributed by atoms with Gasteiger partial charge in [-0.25, -0.2) is 0 Å². The molecule has 1 fully saturated rings. The molecule has 1 heterocycles. The lowest BCUT2D eigenvalue weighted by atomic mass is 10.0. The van der Waals surface area contributed by atoms with Crippen LogP contribution in [0.25, 0.3) is 0 Å². The van der Waals surface area contributed by atoms with Gasteiger partial charge in [0, 0.05) is 26.4 Å². The number of rotatable bonds is 34. The lowest BCUT2D eigenvalue weighted by Crippen LogP contribution is -2.61. The number of hydrogen-bond donors (Lipinski definition) is 2. The van der Waals surface area contributed by atoms with Gasteiger partial charge < -0.3 is 38.1 Å². The number of nitrogens with one attached hydrogen (secondary N) is 2. The van der Waals surface area contributed by atoms with Crippen molar-refractivity contribution in [2.75, 3.05) is 65.7 Å². The number of carbonyl (C=O) groups is 2. The zero-order valence-electron chi connectivity index (χ0n) is 47.5. The van der Waals surface area contributed by atoms with E-state index >= 15 is 0 Å². The van der Waals surface area contributed by atoms with E-state index in [-0.39, 0.29) is 32.0 Å². The fraction of sp³-hybridized carbons (Fsp3) is 0.962. The second kappa shape index (κ2) is 28.6. The van der Waals surface area contributed by atoms with Gasteiger partial charge in [-0.05, 0) is 202 Å². The fourth-order valence-electron chi connectivity index (χ4n) is 7.05. The molecule has 1 aliphatic heterocycles. The molecule has 10 nitrogen and oxygen atoms in total. The minimum atomic E-state index is -1.73. The highest BCUT2D eigenvalue weighted by Crippen LogP contribution is 2.39. The Morgan fingerprint density at radius 2 is 0.561 bits per heavy atom. The Balaban J connectivity index is 2.64. The van der Waals surface area contributed by atoms with Crippen LogP contribution in [-0.4, -0.2) is 133 Å². The molecule has 66 heavy (non-hydrogen) atoms. The number of amides is 2. The van der Waals surface area contributed by atoms with Gasteiger partial charge in [0.05, 0.1) is 0 Å². The summed E-state index contributed by atoms with van der Waals surface area (Å²) >= 11 is 0. The molecule has 0 spiro atoms. The minimum Gasteiger partial charge on any atom is -0.417 e. The number of unbranched alkanes of at least 4 members (excludes halogenated alkanes) is 6. The first-order valence-electron chi connectivity index (χ1n) is 26.7. The van der Waals surface area contributed by atoms with Crippen LogP contribution in [0.4, 0.5) is 0 Å². The average molecular weight is 1000 g/mol. The highest BCUT2D eigenvalue weighted by Gasteiger charge is 2.40. The highest BCUT2D eigenvalue weighted by molar-refractivity contribution is 6.75. The van der Waals surface area contributed by atoms with Gasteiger partial charge in [0.1, 0.15) is 12.1 Å². The van der Waals surface area contributed by atoms with Crippen molar-refractivity contribution in [1.82, 2.24) is 20.4 Å². The summed E-state index contributed by atoms with van der Waals surface area (Å²) in [6.45, 7) is 55.9. The Bertz CT molecular complexity index is 1200. The van der Waals surface area contributed by atoms with Gasteiger partial charge in [-0.1, -0.05) is 83.1 Å². The molecule has 0 aromatic carbocycles. The van der Waals surface area contributed by atoms with E-state index in [9.17, 15) is 9.59 Å². The Kier molecular flexibility index (Phi) is 27.5. The van der Waals surface area contributed by atoms with Crippen LogP contribution in [0.5, 0.6) is 0 Å². The van der Waals surface area contributed by atoms with Crippen molar-refractivity contribution >= 4 is 45.1 Å². The monoisotopic (exact) mass is 1000 g/mol. The topological polar surface area (TPSA) is 102 Å². The third kappa shape index (κ3) is 24.1. The summed E-state index contributed by atoms with van der Waals surface area (Å²) in [5, 5.41) is 7.11. The molecule has 1 saturated heterocycles. The largest absolute Gasteiger partial charge is 0.417 e. The highest BCUT2D eigenvalue weighted by atomic mass is 28.4. The van der Waals surface area contributed by atoms with E-state index in [4.69, 9.17) is 17.7 Å². The lowest BCUT2D eigenvalue weighted by molar-refractivity contribution is -0.137. The van der Waals surface area contributed by atoms with Gasteiger partial charge in [-0.2, -0.15) is 0 Å². The number of nitrogens with zero attached hydrogens (tertiary/aromatic N) is 2. The molecule has 2 N–H and O–H groups in total.